The summed E-state index contributed by atoms with van der Waals surface area (Å²) in [7, 11) is 0. The molecule has 0 aliphatic carbocycles. The quantitative estimate of drug-likeness (QED) is 0.352. The smallest absolute Gasteiger partial charge is 0.410 e. The molecule has 0 saturated carbocycles. The Balaban J connectivity index is 1.59. The van der Waals surface area contributed by atoms with Crippen molar-refractivity contribution in [2.24, 2.45) is 9.98 Å². The first kappa shape index (κ1) is 31.3. The second kappa shape index (κ2) is 12.3. The molecule has 3 aliphatic heterocycles. The minimum atomic E-state index is -0.953. The van der Waals surface area contributed by atoms with Crippen LogP contribution >= 0.6 is 11.6 Å². The SMILES string of the molecule is CC(O)OCC1N=C2C(=NC(C)(C)C)C=C(Cl)NN2C1Cc1cccc(F)c1C1CCN(C(=O)OC(C)(C)C)CC1. The number of aliphatic imine (C=N–C) groups is 2. The number of halogens is 2. The summed E-state index contributed by atoms with van der Waals surface area (Å²) in [5, 5.41) is 12.1. The van der Waals surface area contributed by atoms with E-state index in [1.165, 1.54) is 6.07 Å². The molecule has 1 saturated heterocycles. The van der Waals surface area contributed by atoms with E-state index in [4.69, 9.17) is 31.1 Å². The molecular weight excluding hydrogens is 549 g/mol. The molecule has 3 heterocycles. The van der Waals surface area contributed by atoms with Gasteiger partial charge in [0.1, 0.15) is 22.3 Å². The lowest BCUT2D eigenvalue weighted by Gasteiger charge is -2.36. The fourth-order valence-electron chi connectivity index (χ4n) is 5.47. The fourth-order valence-corrected chi connectivity index (χ4v) is 5.66. The highest BCUT2D eigenvalue weighted by Gasteiger charge is 2.42. The van der Waals surface area contributed by atoms with Gasteiger partial charge in [0.15, 0.2) is 12.1 Å². The maximum atomic E-state index is 15.5. The average molecular weight is 592 g/mol. The Kier molecular flexibility index (Phi) is 9.35. The van der Waals surface area contributed by atoms with E-state index in [0.717, 1.165) is 5.56 Å². The van der Waals surface area contributed by atoms with Gasteiger partial charge in [0.2, 0.25) is 0 Å². The van der Waals surface area contributed by atoms with Crippen LogP contribution in [0, 0.1) is 5.82 Å². The van der Waals surface area contributed by atoms with Crippen molar-refractivity contribution in [1.29, 1.82) is 0 Å². The molecule has 2 N–H and O–H groups in total. The van der Waals surface area contributed by atoms with Gasteiger partial charge in [-0.15, -0.1) is 0 Å². The van der Waals surface area contributed by atoms with Crippen LogP contribution in [-0.4, -0.2) is 81.9 Å². The van der Waals surface area contributed by atoms with Crippen molar-refractivity contribution in [3.05, 3.63) is 46.4 Å². The zero-order valence-electron chi connectivity index (χ0n) is 25.1. The van der Waals surface area contributed by atoms with Gasteiger partial charge in [-0.25, -0.2) is 9.18 Å². The number of ether oxygens (including phenoxy) is 2. The first-order chi connectivity index (χ1) is 19.1. The summed E-state index contributed by atoms with van der Waals surface area (Å²) < 4.78 is 26.6. The molecule has 1 aromatic rings. The second-order valence-electron chi connectivity index (χ2n) is 12.9. The summed E-state index contributed by atoms with van der Waals surface area (Å²) >= 11 is 6.51. The van der Waals surface area contributed by atoms with E-state index in [1.807, 2.05) is 52.6 Å². The van der Waals surface area contributed by atoms with Gasteiger partial charge >= 0.3 is 6.09 Å². The molecule has 3 atom stereocenters. The molecule has 226 valence electrons. The highest BCUT2D eigenvalue weighted by molar-refractivity contribution is 6.49. The summed E-state index contributed by atoms with van der Waals surface area (Å²) in [6, 6.07) is 4.54. The first-order valence-electron chi connectivity index (χ1n) is 14.3. The summed E-state index contributed by atoms with van der Waals surface area (Å²) in [6.07, 6.45) is 2.18. The van der Waals surface area contributed by atoms with Gasteiger partial charge in [0.25, 0.3) is 0 Å². The number of rotatable bonds is 6. The van der Waals surface area contributed by atoms with Crippen molar-refractivity contribution in [3.63, 3.8) is 0 Å². The summed E-state index contributed by atoms with van der Waals surface area (Å²) in [5.41, 5.74) is 4.47. The molecule has 0 spiro atoms. The van der Waals surface area contributed by atoms with Gasteiger partial charge < -0.3 is 19.5 Å². The number of hydrazine groups is 1. The maximum absolute atomic E-state index is 15.5. The molecule has 3 unspecified atom stereocenters. The Morgan fingerprint density at radius 1 is 1.24 bits per heavy atom. The molecule has 41 heavy (non-hydrogen) atoms. The number of piperidine rings is 1. The van der Waals surface area contributed by atoms with Crippen molar-refractivity contribution in [2.45, 2.75) is 103 Å². The van der Waals surface area contributed by atoms with Gasteiger partial charge in [-0.05, 0) is 90.8 Å². The van der Waals surface area contributed by atoms with Crippen LogP contribution < -0.4 is 5.43 Å². The first-order valence-corrected chi connectivity index (χ1v) is 14.6. The minimum absolute atomic E-state index is 0.0466. The number of benzene rings is 1. The third kappa shape index (κ3) is 7.99. The van der Waals surface area contributed by atoms with Crippen molar-refractivity contribution in [3.8, 4) is 0 Å². The molecule has 0 aromatic heterocycles. The van der Waals surface area contributed by atoms with Gasteiger partial charge in [-0.3, -0.25) is 20.4 Å². The Labute approximate surface area is 247 Å². The van der Waals surface area contributed by atoms with E-state index in [0.29, 0.717) is 54.6 Å². The fraction of sp³-hybridized carbons (Fsp3) is 0.633. The highest BCUT2D eigenvalue weighted by Crippen LogP contribution is 2.35. The number of fused-ring (bicyclic) bond motifs is 1. The molecular formula is C30H43ClFN5O4. The number of amides is 1. The summed E-state index contributed by atoms with van der Waals surface area (Å²) in [4.78, 5) is 24.1. The molecule has 1 amide bonds. The van der Waals surface area contributed by atoms with E-state index in [9.17, 15) is 9.90 Å². The van der Waals surface area contributed by atoms with Crippen molar-refractivity contribution in [1.82, 2.24) is 15.3 Å². The largest absolute Gasteiger partial charge is 0.444 e. The number of nitrogens with one attached hydrogen (secondary N) is 1. The lowest BCUT2D eigenvalue weighted by molar-refractivity contribution is -0.0915. The molecule has 3 aliphatic rings. The lowest BCUT2D eigenvalue weighted by atomic mass is 9.84. The second-order valence-corrected chi connectivity index (χ2v) is 13.3. The third-order valence-corrected chi connectivity index (χ3v) is 7.30. The molecule has 1 fully saturated rings. The predicted molar refractivity (Wildman–Crippen MR) is 159 cm³/mol. The molecule has 0 bridgehead atoms. The zero-order chi connectivity index (χ0) is 30.1. The van der Waals surface area contributed by atoms with Crippen LogP contribution in [0.3, 0.4) is 0 Å². The number of likely N-dealkylation sites (tertiary alicyclic amines) is 1. The average Bonchev–Trinajstić information content (AvgIpc) is 3.18. The third-order valence-electron chi connectivity index (χ3n) is 7.10. The van der Waals surface area contributed by atoms with Crippen LogP contribution in [0.5, 0.6) is 0 Å². The van der Waals surface area contributed by atoms with Crippen LogP contribution in [0.4, 0.5) is 9.18 Å². The Morgan fingerprint density at radius 3 is 2.54 bits per heavy atom. The molecule has 0 radical (unpaired) electrons. The van der Waals surface area contributed by atoms with E-state index in [-0.39, 0.29) is 42.1 Å². The Hall–Kier alpha value is -2.69. The normalized spacial score (nSPS) is 23.6. The van der Waals surface area contributed by atoms with Gasteiger partial charge in [0, 0.05) is 19.2 Å². The summed E-state index contributed by atoms with van der Waals surface area (Å²) in [5.74, 6) is 0.334. The number of amidine groups is 1. The Bertz CT molecular complexity index is 1210. The number of carbonyl (C=O) groups excluding carboxylic acids is 1. The highest BCUT2D eigenvalue weighted by atomic mass is 35.5. The predicted octanol–water partition coefficient (Wildman–Crippen LogP) is 5.13. The maximum Gasteiger partial charge on any atom is 0.410 e. The number of hydrogen-bond acceptors (Lipinski definition) is 8. The van der Waals surface area contributed by atoms with Crippen molar-refractivity contribution < 1.29 is 23.8 Å². The molecule has 1 aromatic carbocycles. The van der Waals surface area contributed by atoms with Crippen molar-refractivity contribution in [2.75, 3.05) is 19.7 Å². The van der Waals surface area contributed by atoms with Crippen LogP contribution in [0.15, 0.2) is 39.4 Å². The standard InChI is InChI=1S/C30H43ClFN5O4/c1-18(38)40-17-23-24(37-27(33-23)22(16-25(31)35-37)34-29(2,3)4)15-20-9-8-10-21(32)26(20)19-11-13-36(14-12-19)28(39)41-30(5,6)7/h8-10,16,18-19,23-24,35,38H,11-15,17H2,1-7H3. The topological polar surface area (TPSA) is 99.0 Å². The van der Waals surface area contributed by atoms with Crippen LogP contribution in [-0.2, 0) is 15.9 Å². The Morgan fingerprint density at radius 2 is 1.93 bits per heavy atom. The van der Waals surface area contributed by atoms with Gasteiger partial charge in [0.05, 0.1) is 24.2 Å². The van der Waals surface area contributed by atoms with Gasteiger partial charge in [-0.1, -0.05) is 23.7 Å². The van der Waals surface area contributed by atoms with E-state index in [1.54, 1.807) is 24.0 Å². The number of carbonyl (C=O) groups is 1. The van der Waals surface area contributed by atoms with E-state index < -0.39 is 11.9 Å². The number of aliphatic hydroxyl groups is 1. The monoisotopic (exact) mass is 591 g/mol. The number of hydrogen-bond donors (Lipinski definition) is 2. The minimum Gasteiger partial charge on any atom is -0.444 e. The van der Waals surface area contributed by atoms with Crippen LogP contribution in [0.2, 0.25) is 0 Å². The van der Waals surface area contributed by atoms with Crippen LogP contribution in [0.1, 0.15) is 78.4 Å². The van der Waals surface area contributed by atoms with Crippen LogP contribution in [0.25, 0.3) is 0 Å². The van der Waals surface area contributed by atoms with Crippen molar-refractivity contribution >= 4 is 29.2 Å². The number of aliphatic hydroxyl groups excluding tert-OH is 1. The summed E-state index contributed by atoms with van der Waals surface area (Å²) in [6.45, 7) is 14.3. The molecule has 11 heteroatoms. The molecule has 4 rings (SSSR count). The van der Waals surface area contributed by atoms with Gasteiger partial charge in [-0.2, -0.15) is 0 Å². The zero-order valence-corrected chi connectivity index (χ0v) is 25.8. The van der Waals surface area contributed by atoms with E-state index in [2.05, 4.69) is 5.43 Å². The molecule has 9 nitrogen and oxygen atoms in total. The van der Waals surface area contributed by atoms with E-state index >= 15 is 4.39 Å². The number of nitrogens with zero attached hydrogens (tertiary/aromatic N) is 4. The lowest BCUT2D eigenvalue weighted by Crippen LogP contribution is -2.53.